The summed E-state index contributed by atoms with van der Waals surface area (Å²) >= 11 is 0. The highest BCUT2D eigenvalue weighted by Crippen LogP contribution is 2.31. The van der Waals surface area contributed by atoms with E-state index in [9.17, 15) is 14.7 Å². The second-order valence-electron chi connectivity index (χ2n) is 6.64. The van der Waals surface area contributed by atoms with Crippen molar-refractivity contribution in [2.75, 3.05) is 13.1 Å². The van der Waals surface area contributed by atoms with Gasteiger partial charge in [-0.2, -0.15) is 0 Å². The van der Waals surface area contributed by atoms with Crippen LogP contribution in [0.4, 0.5) is 0 Å². The fourth-order valence-electron chi connectivity index (χ4n) is 3.18. The van der Waals surface area contributed by atoms with Gasteiger partial charge in [-0.25, -0.2) is 4.79 Å². The van der Waals surface area contributed by atoms with Crippen molar-refractivity contribution < 1.29 is 5.11 Å². The first-order valence-corrected chi connectivity index (χ1v) is 8.03. The van der Waals surface area contributed by atoms with Gasteiger partial charge in [0.2, 0.25) is 0 Å². The van der Waals surface area contributed by atoms with Crippen molar-refractivity contribution in [2.45, 2.75) is 38.5 Å². The summed E-state index contributed by atoms with van der Waals surface area (Å²) in [5.41, 5.74) is 0.160. The van der Waals surface area contributed by atoms with Crippen molar-refractivity contribution in [2.24, 2.45) is 0 Å². The van der Waals surface area contributed by atoms with Crippen LogP contribution in [0, 0.1) is 6.92 Å². The zero-order chi connectivity index (χ0) is 17.3. The quantitative estimate of drug-likeness (QED) is 0.852. The van der Waals surface area contributed by atoms with Crippen LogP contribution in [0.2, 0.25) is 0 Å². The van der Waals surface area contributed by atoms with E-state index >= 15 is 0 Å². The minimum absolute atomic E-state index is 0.431. The molecule has 3 heterocycles. The highest BCUT2D eigenvalue weighted by atomic mass is 16.3. The number of rotatable bonds is 3. The fourth-order valence-corrected chi connectivity index (χ4v) is 3.18. The maximum atomic E-state index is 12.1. The molecular formula is C17H22N4O3. The van der Waals surface area contributed by atoms with E-state index < -0.39 is 22.9 Å². The molecule has 24 heavy (non-hydrogen) atoms. The molecule has 3 rings (SSSR count). The second kappa shape index (κ2) is 6.33. The lowest BCUT2D eigenvalue weighted by molar-refractivity contribution is -0.0545. The largest absolute Gasteiger partial charge is 0.388 e. The number of hydrogen-bond donors (Lipinski definition) is 2. The number of aromatic amines is 1. The molecule has 0 amide bonds. The first kappa shape index (κ1) is 16.6. The third-order valence-corrected chi connectivity index (χ3v) is 4.76. The lowest BCUT2D eigenvalue weighted by Gasteiger charge is -2.43. The van der Waals surface area contributed by atoms with E-state index in [1.165, 1.54) is 16.8 Å². The SMILES string of the molecule is Cc1cccnc1CN1CC[C@@](C)(O)[C@H](n2ccc(=O)[nH]c2=O)C1. The van der Waals surface area contributed by atoms with Crippen LogP contribution >= 0.6 is 0 Å². The Bertz CT molecular complexity index is 840. The molecule has 0 aliphatic carbocycles. The zero-order valence-corrected chi connectivity index (χ0v) is 13.9. The minimum Gasteiger partial charge on any atom is -0.388 e. The predicted molar refractivity (Wildman–Crippen MR) is 89.9 cm³/mol. The van der Waals surface area contributed by atoms with Crippen molar-refractivity contribution in [3.8, 4) is 0 Å². The molecule has 7 nitrogen and oxygen atoms in total. The number of hydrogen-bond acceptors (Lipinski definition) is 5. The average Bonchev–Trinajstić information content (AvgIpc) is 2.52. The van der Waals surface area contributed by atoms with Gasteiger partial charge in [0.15, 0.2) is 0 Å². The maximum Gasteiger partial charge on any atom is 0.328 e. The summed E-state index contributed by atoms with van der Waals surface area (Å²) in [4.78, 5) is 32.2. The molecule has 7 heteroatoms. The molecule has 128 valence electrons. The van der Waals surface area contributed by atoms with Crippen LogP contribution in [-0.2, 0) is 6.54 Å². The van der Waals surface area contributed by atoms with Crippen LogP contribution in [0.1, 0.15) is 30.6 Å². The number of aliphatic hydroxyl groups is 1. The van der Waals surface area contributed by atoms with E-state index in [0.29, 0.717) is 19.5 Å². The van der Waals surface area contributed by atoms with Crippen LogP contribution in [0.15, 0.2) is 40.2 Å². The van der Waals surface area contributed by atoms with Gasteiger partial charge in [-0.1, -0.05) is 6.07 Å². The Hall–Kier alpha value is -2.25. The third kappa shape index (κ3) is 3.32. The Morgan fingerprint density at radius 3 is 2.92 bits per heavy atom. The van der Waals surface area contributed by atoms with Crippen molar-refractivity contribution in [3.63, 3.8) is 0 Å². The van der Waals surface area contributed by atoms with Crippen LogP contribution in [0.25, 0.3) is 0 Å². The number of nitrogens with zero attached hydrogens (tertiary/aromatic N) is 3. The smallest absolute Gasteiger partial charge is 0.328 e. The highest BCUT2D eigenvalue weighted by molar-refractivity contribution is 5.17. The number of pyridine rings is 1. The Kier molecular flexibility index (Phi) is 4.38. The van der Waals surface area contributed by atoms with Crippen LogP contribution in [0.5, 0.6) is 0 Å². The summed E-state index contributed by atoms with van der Waals surface area (Å²) in [5, 5.41) is 10.7. The first-order valence-electron chi connectivity index (χ1n) is 8.03. The summed E-state index contributed by atoms with van der Waals surface area (Å²) in [6.07, 6.45) is 3.76. The summed E-state index contributed by atoms with van der Waals surface area (Å²) < 4.78 is 1.42. The molecule has 0 unspecified atom stereocenters. The zero-order valence-electron chi connectivity index (χ0n) is 13.9. The molecule has 1 aliphatic rings. The van der Waals surface area contributed by atoms with Gasteiger partial charge < -0.3 is 5.11 Å². The van der Waals surface area contributed by atoms with E-state index in [-0.39, 0.29) is 0 Å². The Balaban J connectivity index is 1.86. The molecule has 1 aliphatic heterocycles. The van der Waals surface area contributed by atoms with Gasteiger partial charge in [0.05, 0.1) is 17.3 Å². The standard InChI is InChI=1S/C17H22N4O3/c1-12-4-3-7-18-13(12)10-20-9-6-17(2,24)14(11-20)21-8-5-15(22)19-16(21)23/h3-5,7-8,14,24H,6,9-11H2,1-2H3,(H,19,22,23)/t14-,17-/m1/s1. The van der Waals surface area contributed by atoms with E-state index in [1.807, 2.05) is 19.1 Å². The summed E-state index contributed by atoms with van der Waals surface area (Å²) in [6.45, 7) is 5.65. The molecule has 2 N–H and O–H groups in total. The Morgan fingerprint density at radius 1 is 1.42 bits per heavy atom. The van der Waals surface area contributed by atoms with Gasteiger partial charge in [0, 0.05) is 38.1 Å². The fraction of sp³-hybridized carbons (Fsp3) is 0.471. The molecule has 2 aromatic rings. The molecule has 0 radical (unpaired) electrons. The maximum absolute atomic E-state index is 12.1. The number of piperidine rings is 1. The van der Waals surface area contributed by atoms with Gasteiger partial charge in [0.25, 0.3) is 5.56 Å². The lowest BCUT2D eigenvalue weighted by atomic mass is 9.88. The lowest BCUT2D eigenvalue weighted by Crippen LogP contribution is -2.53. The molecule has 2 atom stereocenters. The normalized spacial score (nSPS) is 24.9. The molecule has 0 saturated carbocycles. The molecular weight excluding hydrogens is 308 g/mol. The van der Waals surface area contributed by atoms with Gasteiger partial charge in [-0.15, -0.1) is 0 Å². The monoisotopic (exact) mass is 330 g/mol. The van der Waals surface area contributed by atoms with Crippen LogP contribution < -0.4 is 11.2 Å². The van der Waals surface area contributed by atoms with E-state index in [4.69, 9.17) is 0 Å². The molecule has 2 aromatic heterocycles. The number of aryl methyl sites for hydroxylation is 1. The second-order valence-corrected chi connectivity index (χ2v) is 6.64. The molecule has 0 bridgehead atoms. The van der Waals surface area contributed by atoms with Crippen molar-refractivity contribution >= 4 is 0 Å². The van der Waals surface area contributed by atoms with Gasteiger partial charge in [-0.05, 0) is 31.9 Å². The number of likely N-dealkylation sites (tertiary alicyclic amines) is 1. The van der Waals surface area contributed by atoms with Gasteiger partial charge in [-0.3, -0.25) is 24.2 Å². The first-order chi connectivity index (χ1) is 11.4. The van der Waals surface area contributed by atoms with Crippen molar-refractivity contribution in [1.82, 2.24) is 19.4 Å². The molecule has 0 spiro atoms. The minimum atomic E-state index is -1.02. The van der Waals surface area contributed by atoms with E-state index in [0.717, 1.165) is 17.8 Å². The average molecular weight is 330 g/mol. The summed E-state index contributed by atoms with van der Waals surface area (Å²) in [7, 11) is 0. The van der Waals surface area contributed by atoms with Crippen LogP contribution in [0.3, 0.4) is 0 Å². The van der Waals surface area contributed by atoms with Gasteiger partial charge >= 0.3 is 5.69 Å². The van der Waals surface area contributed by atoms with Crippen molar-refractivity contribution in [1.29, 1.82) is 0 Å². The summed E-state index contributed by atoms with van der Waals surface area (Å²) in [6, 6.07) is 4.80. The Morgan fingerprint density at radius 2 is 2.21 bits per heavy atom. The number of aromatic nitrogens is 3. The summed E-state index contributed by atoms with van der Waals surface area (Å²) in [5.74, 6) is 0. The number of nitrogens with one attached hydrogen (secondary N) is 1. The van der Waals surface area contributed by atoms with E-state index in [2.05, 4.69) is 14.9 Å². The van der Waals surface area contributed by atoms with Crippen LogP contribution in [-0.4, -0.2) is 43.2 Å². The number of H-pyrrole nitrogens is 1. The predicted octanol–water partition coefficient (Wildman–Crippen LogP) is 0.438. The topological polar surface area (TPSA) is 91.2 Å². The van der Waals surface area contributed by atoms with E-state index in [1.54, 1.807) is 13.1 Å². The highest BCUT2D eigenvalue weighted by Gasteiger charge is 2.39. The molecule has 0 aromatic carbocycles. The molecule has 1 saturated heterocycles. The third-order valence-electron chi connectivity index (χ3n) is 4.76. The Labute approximate surface area is 139 Å². The van der Waals surface area contributed by atoms with Crippen molar-refractivity contribution in [3.05, 3.63) is 62.7 Å². The van der Waals surface area contributed by atoms with Gasteiger partial charge in [0.1, 0.15) is 0 Å². The molecule has 1 fully saturated rings.